The second-order valence-electron chi connectivity index (χ2n) is 4.20. The first-order valence-electron chi connectivity index (χ1n) is 6.11. The summed E-state index contributed by atoms with van der Waals surface area (Å²) in [5, 5.41) is 3.71. The maximum absolute atomic E-state index is 11.9. The lowest BCUT2D eigenvalue weighted by atomic mass is 10.1. The van der Waals surface area contributed by atoms with Crippen molar-refractivity contribution in [2.24, 2.45) is 0 Å². The number of benzene rings is 1. The Morgan fingerprint density at radius 3 is 2.58 bits per heavy atom. The van der Waals surface area contributed by atoms with Crippen molar-refractivity contribution in [3.05, 3.63) is 65.5 Å². The second kappa shape index (κ2) is 7.04. The van der Waals surface area contributed by atoms with E-state index in [1.54, 1.807) is 6.20 Å². The van der Waals surface area contributed by atoms with Crippen molar-refractivity contribution in [1.29, 1.82) is 0 Å². The van der Waals surface area contributed by atoms with Crippen molar-refractivity contribution >= 4 is 21.8 Å². The third kappa shape index (κ3) is 4.17. The zero-order valence-corrected chi connectivity index (χ0v) is 12.1. The van der Waals surface area contributed by atoms with Gasteiger partial charge in [-0.15, -0.1) is 0 Å². The molecular weight excluding hydrogens is 304 g/mol. The van der Waals surface area contributed by atoms with Crippen LogP contribution >= 0.6 is 15.9 Å². The van der Waals surface area contributed by atoms with Crippen LogP contribution in [0.2, 0.25) is 0 Å². The molecule has 0 saturated carbocycles. The molecule has 1 aromatic carbocycles. The summed E-state index contributed by atoms with van der Waals surface area (Å²) in [7, 11) is 0. The molecule has 0 radical (unpaired) electrons. The number of hydrogen-bond donors (Lipinski definition) is 1. The van der Waals surface area contributed by atoms with Gasteiger partial charge in [0.05, 0.1) is 0 Å². The van der Waals surface area contributed by atoms with Gasteiger partial charge < -0.3 is 5.32 Å². The van der Waals surface area contributed by atoms with Gasteiger partial charge in [0.1, 0.15) is 0 Å². The lowest BCUT2D eigenvalue weighted by Gasteiger charge is -2.05. The van der Waals surface area contributed by atoms with Crippen molar-refractivity contribution in [3.63, 3.8) is 0 Å². The van der Waals surface area contributed by atoms with Gasteiger partial charge in [-0.1, -0.05) is 34.1 Å². The van der Waals surface area contributed by atoms with Gasteiger partial charge in [-0.2, -0.15) is 0 Å². The highest BCUT2D eigenvalue weighted by atomic mass is 79.9. The minimum Gasteiger partial charge on any atom is -0.352 e. The fourth-order valence-corrected chi connectivity index (χ4v) is 2.09. The molecule has 2 rings (SSSR count). The van der Waals surface area contributed by atoms with Crippen LogP contribution in [0, 0.1) is 0 Å². The Labute approximate surface area is 121 Å². The summed E-state index contributed by atoms with van der Waals surface area (Å²) in [4.78, 5) is 15.9. The topological polar surface area (TPSA) is 42.0 Å². The van der Waals surface area contributed by atoms with Crippen molar-refractivity contribution < 1.29 is 4.79 Å². The molecule has 1 amide bonds. The summed E-state index contributed by atoms with van der Waals surface area (Å²) in [6.45, 7) is 0.616. The van der Waals surface area contributed by atoms with E-state index >= 15 is 0 Å². The Morgan fingerprint density at radius 2 is 1.95 bits per heavy atom. The molecule has 1 aromatic heterocycles. The quantitative estimate of drug-likeness (QED) is 0.861. The molecule has 1 heterocycles. The van der Waals surface area contributed by atoms with E-state index in [4.69, 9.17) is 0 Å². The molecule has 0 aliphatic carbocycles. The third-order valence-electron chi connectivity index (χ3n) is 2.79. The fourth-order valence-electron chi connectivity index (χ4n) is 1.71. The molecule has 0 aliphatic rings. The van der Waals surface area contributed by atoms with Crippen LogP contribution in [0.25, 0.3) is 0 Å². The Balaban J connectivity index is 1.84. The molecule has 0 fully saturated rings. The number of pyridine rings is 1. The number of nitrogens with one attached hydrogen (secondary N) is 1. The van der Waals surface area contributed by atoms with Gasteiger partial charge in [-0.3, -0.25) is 9.78 Å². The maximum Gasteiger partial charge on any atom is 0.251 e. The number of amides is 1. The monoisotopic (exact) mass is 318 g/mol. The van der Waals surface area contributed by atoms with Gasteiger partial charge >= 0.3 is 0 Å². The molecule has 0 aliphatic heterocycles. The number of halogens is 1. The highest BCUT2D eigenvalue weighted by Gasteiger charge is 2.04. The first-order chi connectivity index (χ1) is 9.29. The Kier molecular flexibility index (Phi) is 5.10. The van der Waals surface area contributed by atoms with Gasteiger partial charge in [0.15, 0.2) is 0 Å². The molecule has 0 saturated heterocycles. The molecule has 2 aromatic rings. The number of carbonyl (C=O) groups excluding carboxylic acids is 1. The first-order valence-corrected chi connectivity index (χ1v) is 7.24. The van der Waals surface area contributed by atoms with E-state index in [1.165, 1.54) is 0 Å². The van der Waals surface area contributed by atoms with Crippen LogP contribution in [0.5, 0.6) is 0 Å². The maximum atomic E-state index is 11.9. The fraction of sp³-hybridized carbons (Fsp3) is 0.200. The van der Waals surface area contributed by atoms with Crippen LogP contribution in [0.15, 0.2) is 48.8 Å². The number of alkyl halides is 1. The summed E-state index contributed by atoms with van der Waals surface area (Å²) in [6.07, 6.45) is 4.35. The number of carbonyl (C=O) groups is 1. The minimum absolute atomic E-state index is 0.0370. The van der Waals surface area contributed by atoms with Crippen molar-refractivity contribution in [3.8, 4) is 0 Å². The summed E-state index contributed by atoms with van der Waals surface area (Å²) in [5.74, 6) is -0.0370. The Bertz CT molecular complexity index is 526. The van der Waals surface area contributed by atoms with E-state index in [0.29, 0.717) is 12.1 Å². The molecule has 0 unspecified atom stereocenters. The normalized spacial score (nSPS) is 10.2. The highest BCUT2D eigenvalue weighted by molar-refractivity contribution is 9.08. The SMILES string of the molecule is O=C(NCCc1cccnc1)c1ccc(CBr)cc1. The van der Waals surface area contributed by atoms with Crippen molar-refractivity contribution in [2.45, 2.75) is 11.8 Å². The van der Waals surface area contributed by atoms with Gasteiger partial charge in [0, 0.05) is 29.8 Å². The van der Waals surface area contributed by atoms with E-state index in [2.05, 4.69) is 26.2 Å². The smallest absolute Gasteiger partial charge is 0.251 e. The summed E-state index contributed by atoms with van der Waals surface area (Å²) < 4.78 is 0. The molecule has 3 nitrogen and oxygen atoms in total. The molecule has 1 N–H and O–H groups in total. The number of hydrogen-bond acceptors (Lipinski definition) is 2. The van der Waals surface area contributed by atoms with Gasteiger partial charge in [-0.05, 0) is 35.7 Å². The number of rotatable bonds is 5. The molecule has 19 heavy (non-hydrogen) atoms. The van der Waals surface area contributed by atoms with Crippen molar-refractivity contribution in [1.82, 2.24) is 10.3 Å². The standard InChI is InChI=1S/C15H15BrN2O/c16-10-12-3-5-14(6-4-12)15(19)18-9-7-13-2-1-8-17-11-13/h1-6,8,11H,7,9-10H2,(H,18,19). The largest absolute Gasteiger partial charge is 0.352 e. The molecule has 0 atom stereocenters. The molecular formula is C15H15BrN2O. The zero-order valence-electron chi connectivity index (χ0n) is 10.5. The molecule has 0 spiro atoms. The van der Waals surface area contributed by atoms with E-state index < -0.39 is 0 Å². The van der Waals surface area contributed by atoms with Crippen LogP contribution in [0.4, 0.5) is 0 Å². The van der Waals surface area contributed by atoms with Crippen LogP contribution in [-0.2, 0) is 11.8 Å². The predicted molar refractivity (Wildman–Crippen MR) is 79.3 cm³/mol. The first kappa shape index (κ1) is 13.7. The molecule has 4 heteroatoms. The average molecular weight is 319 g/mol. The predicted octanol–water partition coefficient (Wildman–Crippen LogP) is 2.95. The van der Waals surface area contributed by atoms with Gasteiger partial charge in [-0.25, -0.2) is 0 Å². The van der Waals surface area contributed by atoms with E-state index in [1.807, 2.05) is 42.6 Å². The molecule has 98 valence electrons. The van der Waals surface area contributed by atoms with Crippen LogP contribution in [0.3, 0.4) is 0 Å². The third-order valence-corrected chi connectivity index (χ3v) is 3.44. The summed E-state index contributed by atoms with van der Waals surface area (Å²) in [6, 6.07) is 11.5. The molecule has 0 bridgehead atoms. The Morgan fingerprint density at radius 1 is 1.16 bits per heavy atom. The van der Waals surface area contributed by atoms with Gasteiger partial charge in [0.2, 0.25) is 0 Å². The summed E-state index contributed by atoms with van der Waals surface area (Å²) in [5.41, 5.74) is 2.97. The minimum atomic E-state index is -0.0370. The summed E-state index contributed by atoms with van der Waals surface area (Å²) >= 11 is 3.38. The lowest BCUT2D eigenvalue weighted by molar-refractivity contribution is 0.0954. The zero-order chi connectivity index (χ0) is 13.5. The highest BCUT2D eigenvalue weighted by Crippen LogP contribution is 2.07. The van der Waals surface area contributed by atoms with E-state index in [-0.39, 0.29) is 5.91 Å². The second-order valence-corrected chi connectivity index (χ2v) is 4.76. The van der Waals surface area contributed by atoms with Crippen LogP contribution in [0.1, 0.15) is 21.5 Å². The van der Waals surface area contributed by atoms with E-state index in [9.17, 15) is 4.79 Å². The number of aromatic nitrogens is 1. The van der Waals surface area contributed by atoms with Crippen LogP contribution in [-0.4, -0.2) is 17.4 Å². The lowest BCUT2D eigenvalue weighted by Crippen LogP contribution is -2.25. The number of nitrogens with zero attached hydrogens (tertiary/aromatic N) is 1. The van der Waals surface area contributed by atoms with Gasteiger partial charge in [0.25, 0.3) is 5.91 Å². The van der Waals surface area contributed by atoms with E-state index in [0.717, 1.165) is 22.9 Å². The van der Waals surface area contributed by atoms with Crippen LogP contribution < -0.4 is 5.32 Å². The Hall–Kier alpha value is -1.68. The van der Waals surface area contributed by atoms with Crippen molar-refractivity contribution in [2.75, 3.05) is 6.54 Å². The average Bonchev–Trinajstić information content (AvgIpc) is 2.48.